The Morgan fingerprint density at radius 2 is 2.00 bits per heavy atom. The van der Waals surface area contributed by atoms with Gasteiger partial charge in [0.1, 0.15) is 40.1 Å². The highest BCUT2D eigenvalue weighted by Crippen LogP contribution is 2.54. The number of ether oxygens (including phenoxy) is 3. The number of hydrogen-bond acceptors (Lipinski definition) is 12. The number of aliphatic hydroxyl groups excluding tert-OH is 1. The number of benzene rings is 1. The molecule has 0 saturated carbocycles. The first-order valence-corrected chi connectivity index (χ1v) is 10.8. The third kappa shape index (κ3) is 2.70. The SMILES string of the molecule is COc1cc2c(c3oc(=O)c4c(c13)CCC4=O)[C@@H]1C(O)C(n3c(N)nc(N)c(C(N)=O)c3=O)O[C@@H]1O2. The Balaban J connectivity index is 1.54. The summed E-state index contributed by atoms with van der Waals surface area (Å²) in [4.78, 5) is 53.5. The minimum absolute atomic E-state index is 0.0245. The number of carbonyl (C=O) groups excluding carboxylic acids is 2. The number of nitrogens with two attached hydrogens (primary N) is 3. The topological polar surface area (TPSA) is 225 Å². The maximum Gasteiger partial charge on any atom is 0.347 e. The molecule has 36 heavy (non-hydrogen) atoms. The smallest absolute Gasteiger partial charge is 0.347 e. The Morgan fingerprint density at radius 1 is 1.25 bits per heavy atom. The summed E-state index contributed by atoms with van der Waals surface area (Å²) in [6.45, 7) is 0. The zero-order chi connectivity index (χ0) is 25.6. The number of fused-ring (bicyclic) bond motifs is 7. The highest BCUT2D eigenvalue weighted by molar-refractivity contribution is 6.06. The molecule has 4 atom stereocenters. The third-order valence-electron chi connectivity index (χ3n) is 6.82. The van der Waals surface area contributed by atoms with Crippen LogP contribution in [0.1, 0.15) is 50.4 Å². The first-order valence-electron chi connectivity index (χ1n) is 10.8. The van der Waals surface area contributed by atoms with Crippen LogP contribution in [0.5, 0.6) is 11.5 Å². The first-order chi connectivity index (χ1) is 17.1. The number of carbonyl (C=O) groups is 2. The number of ketones is 1. The summed E-state index contributed by atoms with van der Waals surface area (Å²) in [5, 5.41) is 11.7. The lowest BCUT2D eigenvalue weighted by molar-refractivity contribution is -0.105. The van der Waals surface area contributed by atoms with Gasteiger partial charge in [-0.05, 0) is 12.0 Å². The molecule has 1 fully saturated rings. The van der Waals surface area contributed by atoms with Crippen molar-refractivity contribution >= 4 is 34.4 Å². The molecule has 3 aromatic rings. The molecule has 14 nitrogen and oxygen atoms in total. The molecule has 1 aliphatic carbocycles. The Hall–Kier alpha value is -4.43. The fourth-order valence-electron chi connectivity index (χ4n) is 5.31. The van der Waals surface area contributed by atoms with E-state index in [0.717, 1.165) is 4.57 Å². The van der Waals surface area contributed by atoms with Crippen molar-refractivity contribution in [2.24, 2.45) is 5.73 Å². The van der Waals surface area contributed by atoms with E-state index in [1.54, 1.807) is 6.07 Å². The third-order valence-corrected chi connectivity index (χ3v) is 6.82. The Morgan fingerprint density at radius 3 is 2.69 bits per heavy atom. The van der Waals surface area contributed by atoms with Crippen LogP contribution in [0.4, 0.5) is 11.8 Å². The number of anilines is 2. The van der Waals surface area contributed by atoms with E-state index in [4.69, 9.17) is 35.8 Å². The van der Waals surface area contributed by atoms with Gasteiger partial charge < -0.3 is 40.9 Å². The molecule has 0 bridgehead atoms. The lowest BCUT2D eigenvalue weighted by Crippen LogP contribution is -2.39. The van der Waals surface area contributed by atoms with Crippen LogP contribution in [0, 0.1) is 0 Å². The van der Waals surface area contributed by atoms with Crippen molar-refractivity contribution in [3.05, 3.63) is 49.1 Å². The minimum atomic E-state index is -1.47. The Kier molecular flexibility index (Phi) is 4.46. The van der Waals surface area contributed by atoms with E-state index in [2.05, 4.69) is 4.98 Å². The number of aliphatic hydroxyl groups is 1. The van der Waals surface area contributed by atoms with Gasteiger partial charge in [-0.2, -0.15) is 4.98 Å². The van der Waals surface area contributed by atoms with Crippen LogP contribution >= 0.6 is 0 Å². The van der Waals surface area contributed by atoms with Crippen LogP contribution < -0.4 is 37.9 Å². The number of nitrogens with zero attached hydrogens (tertiary/aromatic N) is 2. The summed E-state index contributed by atoms with van der Waals surface area (Å²) < 4.78 is 23.5. The quantitative estimate of drug-likeness (QED) is 0.324. The number of aromatic nitrogens is 2. The minimum Gasteiger partial charge on any atom is -0.496 e. The fraction of sp³-hybridized carbons (Fsp3) is 0.318. The predicted molar refractivity (Wildman–Crippen MR) is 121 cm³/mol. The van der Waals surface area contributed by atoms with Crippen LogP contribution in [0.2, 0.25) is 0 Å². The number of primary amides is 1. The molecule has 6 rings (SSSR count). The van der Waals surface area contributed by atoms with Gasteiger partial charge in [0.05, 0.1) is 24.0 Å². The standard InChI is InChI=1S/C22H19N5O9/c1-33-7-4-8-11(15-10(7)5-2-3-6(28)9(5)20(32)35-15)12-14(29)19(36-21(12)34-8)27-18(31)13(17(24)30)16(23)26-22(27)25/h4,12,14,19,21,29H,2-3,23H2,1H3,(H2,24,30)(H2,25,26)/t12-,14?,19?,21+/m1/s1. The number of rotatable bonds is 3. The molecule has 0 radical (unpaired) electrons. The van der Waals surface area contributed by atoms with Crippen LogP contribution in [0.3, 0.4) is 0 Å². The molecule has 2 aromatic heterocycles. The second kappa shape index (κ2) is 7.29. The summed E-state index contributed by atoms with van der Waals surface area (Å²) in [7, 11) is 1.42. The van der Waals surface area contributed by atoms with E-state index in [-0.39, 0.29) is 29.1 Å². The largest absolute Gasteiger partial charge is 0.496 e. The summed E-state index contributed by atoms with van der Waals surface area (Å²) in [6, 6.07) is 1.56. The number of Topliss-reactive ketones (excluding diaryl/α,β-unsaturated/α-hetero) is 1. The molecule has 3 aliphatic rings. The molecule has 186 valence electrons. The van der Waals surface area contributed by atoms with Gasteiger partial charge in [0, 0.05) is 12.5 Å². The second-order valence-corrected chi connectivity index (χ2v) is 8.66. The Bertz CT molecular complexity index is 1640. The van der Waals surface area contributed by atoms with E-state index in [1.165, 1.54) is 7.11 Å². The summed E-state index contributed by atoms with van der Waals surface area (Å²) in [5.74, 6) is -2.73. The highest BCUT2D eigenvalue weighted by Gasteiger charge is 2.54. The molecule has 1 saturated heterocycles. The van der Waals surface area contributed by atoms with E-state index < -0.39 is 59.0 Å². The second-order valence-electron chi connectivity index (χ2n) is 8.66. The highest BCUT2D eigenvalue weighted by atomic mass is 16.7. The van der Waals surface area contributed by atoms with Crippen molar-refractivity contribution in [2.75, 3.05) is 18.6 Å². The van der Waals surface area contributed by atoms with Crippen molar-refractivity contribution in [1.82, 2.24) is 9.55 Å². The maximum absolute atomic E-state index is 13.0. The zero-order valence-electron chi connectivity index (χ0n) is 18.6. The predicted octanol–water partition coefficient (Wildman–Crippen LogP) is -0.857. The molecular weight excluding hydrogens is 478 g/mol. The fourth-order valence-corrected chi connectivity index (χ4v) is 5.31. The van der Waals surface area contributed by atoms with Crippen LogP contribution in [-0.2, 0) is 11.2 Å². The molecule has 1 aromatic carbocycles. The van der Waals surface area contributed by atoms with Crippen molar-refractivity contribution in [1.29, 1.82) is 0 Å². The zero-order valence-corrected chi connectivity index (χ0v) is 18.6. The molecule has 7 N–H and O–H groups in total. The average Bonchev–Trinajstić information content (AvgIpc) is 3.45. The van der Waals surface area contributed by atoms with Gasteiger partial charge >= 0.3 is 5.63 Å². The van der Waals surface area contributed by atoms with Gasteiger partial charge in [0.15, 0.2) is 12.0 Å². The van der Waals surface area contributed by atoms with Gasteiger partial charge in [0.25, 0.3) is 11.5 Å². The van der Waals surface area contributed by atoms with Gasteiger partial charge in [0.2, 0.25) is 12.2 Å². The molecule has 2 unspecified atom stereocenters. The van der Waals surface area contributed by atoms with Crippen molar-refractivity contribution in [3.8, 4) is 11.5 Å². The molecule has 14 heteroatoms. The van der Waals surface area contributed by atoms with Crippen molar-refractivity contribution < 1.29 is 33.3 Å². The maximum atomic E-state index is 13.0. The van der Waals surface area contributed by atoms with E-state index in [0.29, 0.717) is 28.7 Å². The summed E-state index contributed by atoms with van der Waals surface area (Å²) in [5.41, 5.74) is 15.2. The number of hydrogen-bond donors (Lipinski definition) is 4. The lowest BCUT2D eigenvalue weighted by Gasteiger charge is -2.22. The lowest BCUT2D eigenvalue weighted by atomic mass is 9.91. The van der Waals surface area contributed by atoms with E-state index >= 15 is 0 Å². The number of amides is 1. The summed E-state index contributed by atoms with van der Waals surface area (Å²) in [6.07, 6.45) is -3.56. The van der Waals surface area contributed by atoms with Crippen LogP contribution in [0.15, 0.2) is 20.1 Å². The molecule has 1 amide bonds. The summed E-state index contributed by atoms with van der Waals surface area (Å²) >= 11 is 0. The first kappa shape index (κ1) is 22.1. The van der Waals surface area contributed by atoms with Crippen LogP contribution in [0.25, 0.3) is 11.0 Å². The number of methoxy groups -OCH3 is 1. The monoisotopic (exact) mass is 497 g/mol. The van der Waals surface area contributed by atoms with Gasteiger partial charge in [-0.1, -0.05) is 0 Å². The average molecular weight is 497 g/mol. The molecule has 0 spiro atoms. The van der Waals surface area contributed by atoms with Gasteiger partial charge in [-0.3, -0.25) is 14.4 Å². The Labute approximate surface area is 200 Å². The van der Waals surface area contributed by atoms with Crippen molar-refractivity contribution in [2.45, 2.75) is 37.4 Å². The number of nitrogen functional groups attached to an aromatic ring is 2. The normalized spacial score (nSPS) is 23.9. The van der Waals surface area contributed by atoms with E-state index in [1.807, 2.05) is 0 Å². The van der Waals surface area contributed by atoms with Crippen molar-refractivity contribution in [3.63, 3.8) is 0 Å². The van der Waals surface area contributed by atoms with Crippen LogP contribution in [-0.4, -0.2) is 45.9 Å². The molecular formula is C22H19N5O9. The number of aryl methyl sites for hydroxylation is 1. The van der Waals surface area contributed by atoms with E-state index in [9.17, 15) is 24.3 Å². The molecule has 2 aliphatic heterocycles. The van der Waals surface area contributed by atoms with Gasteiger partial charge in [-0.15, -0.1) is 0 Å². The molecule has 4 heterocycles. The van der Waals surface area contributed by atoms with Gasteiger partial charge in [-0.25, -0.2) is 9.36 Å².